The quantitative estimate of drug-likeness (QED) is 0.765. The van der Waals surface area contributed by atoms with Crippen LogP contribution in [0.4, 0.5) is 5.69 Å². The molecule has 0 fully saturated rings. The third-order valence-electron chi connectivity index (χ3n) is 3.45. The summed E-state index contributed by atoms with van der Waals surface area (Å²) in [5, 5.41) is 0. The molecule has 0 amide bonds. The van der Waals surface area contributed by atoms with Gasteiger partial charge in [0.1, 0.15) is 0 Å². The summed E-state index contributed by atoms with van der Waals surface area (Å²) < 4.78 is 5.12. The van der Waals surface area contributed by atoms with Crippen LogP contribution >= 0.6 is 0 Å². The van der Waals surface area contributed by atoms with Crippen molar-refractivity contribution >= 4 is 5.69 Å². The molecule has 1 aliphatic rings. The molecule has 0 saturated carbocycles. The Hall–Kier alpha value is -1.06. The van der Waals surface area contributed by atoms with Crippen LogP contribution in [0.2, 0.25) is 0 Å². The number of rotatable bonds is 6. The van der Waals surface area contributed by atoms with Gasteiger partial charge in [-0.1, -0.05) is 18.2 Å². The maximum atomic E-state index is 5.69. The smallest absolute Gasteiger partial charge is 0.0479 e. The van der Waals surface area contributed by atoms with Crippen LogP contribution in [0.15, 0.2) is 24.3 Å². The molecule has 0 saturated heterocycles. The molecule has 0 bridgehead atoms. The lowest BCUT2D eigenvalue weighted by Crippen LogP contribution is -2.24. The molecule has 0 radical (unpaired) electrons. The summed E-state index contributed by atoms with van der Waals surface area (Å²) in [6.45, 7) is 3.79. The molecule has 1 aliphatic heterocycles. The predicted octanol–water partition coefficient (Wildman–Crippen LogP) is 1.98. The SMILES string of the molecule is COCCCN1CC(CCN)c2ccccc21. The molecule has 2 rings (SSSR count). The van der Waals surface area contributed by atoms with E-state index in [4.69, 9.17) is 10.5 Å². The van der Waals surface area contributed by atoms with E-state index in [0.29, 0.717) is 5.92 Å². The topological polar surface area (TPSA) is 38.5 Å². The Morgan fingerprint density at radius 1 is 1.41 bits per heavy atom. The number of para-hydroxylation sites is 1. The average Bonchev–Trinajstić information content (AvgIpc) is 2.70. The average molecular weight is 234 g/mol. The molecule has 1 unspecified atom stereocenters. The number of hydrogen-bond donors (Lipinski definition) is 1. The molecular formula is C14H22N2O. The summed E-state index contributed by atoms with van der Waals surface area (Å²) >= 11 is 0. The van der Waals surface area contributed by atoms with Crippen molar-refractivity contribution in [3.63, 3.8) is 0 Å². The fraction of sp³-hybridized carbons (Fsp3) is 0.571. The lowest BCUT2D eigenvalue weighted by atomic mass is 9.98. The first-order valence-corrected chi connectivity index (χ1v) is 6.39. The van der Waals surface area contributed by atoms with E-state index in [1.54, 1.807) is 7.11 Å². The summed E-state index contributed by atoms with van der Waals surface area (Å²) in [5.74, 6) is 0.610. The van der Waals surface area contributed by atoms with E-state index in [9.17, 15) is 0 Å². The van der Waals surface area contributed by atoms with Gasteiger partial charge in [0.05, 0.1) is 0 Å². The maximum Gasteiger partial charge on any atom is 0.0479 e. The number of benzene rings is 1. The predicted molar refractivity (Wildman–Crippen MR) is 71.6 cm³/mol. The van der Waals surface area contributed by atoms with Crippen molar-refractivity contribution in [2.45, 2.75) is 18.8 Å². The van der Waals surface area contributed by atoms with E-state index in [-0.39, 0.29) is 0 Å². The Bertz CT molecular complexity index is 354. The fourth-order valence-corrected chi connectivity index (χ4v) is 2.64. The molecular weight excluding hydrogens is 212 g/mol. The van der Waals surface area contributed by atoms with Crippen molar-refractivity contribution in [3.8, 4) is 0 Å². The summed E-state index contributed by atoms with van der Waals surface area (Å²) in [7, 11) is 1.76. The third-order valence-corrected chi connectivity index (χ3v) is 3.45. The van der Waals surface area contributed by atoms with E-state index in [0.717, 1.165) is 39.1 Å². The minimum absolute atomic E-state index is 0.610. The molecule has 1 aromatic rings. The van der Waals surface area contributed by atoms with Gasteiger partial charge in [0.25, 0.3) is 0 Å². The van der Waals surface area contributed by atoms with Crippen LogP contribution in [-0.4, -0.2) is 33.4 Å². The highest BCUT2D eigenvalue weighted by molar-refractivity contribution is 5.60. The minimum atomic E-state index is 0.610. The number of anilines is 1. The van der Waals surface area contributed by atoms with Crippen LogP contribution in [0.1, 0.15) is 24.3 Å². The Balaban J connectivity index is 2.05. The molecule has 0 aliphatic carbocycles. The van der Waals surface area contributed by atoms with Crippen molar-refractivity contribution in [2.75, 3.05) is 38.3 Å². The first-order chi connectivity index (χ1) is 8.36. The molecule has 1 aromatic carbocycles. The molecule has 3 heteroatoms. The van der Waals surface area contributed by atoms with Gasteiger partial charge in [0.15, 0.2) is 0 Å². The summed E-state index contributed by atoms with van der Waals surface area (Å²) in [5.41, 5.74) is 8.55. The van der Waals surface area contributed by atoms with Crippen molar-refractivity contribution in [2.24, 2.45) is 5.73 Å². The van der Waals surface area contributed by atoms with Crippen molar-refractivity contribution in [3.05, 3.63) is 29.8 Å². The number of fused-ring (bicyclic) bond motifs is 1. The number of nitrogens with zero attached hydrogens (tertiary/aromatic N) is 1. The maximum absolute atomic E-state index is 5.69. The zero-order valence-corrected chi connectivity index (χ0v) is 10.6. The Morgan fingerprint density at radius 3 is 3.00 bits per heavy atom. The van der Waals surface area contributed by atoms with Gasteiger partial charge in [-0.05, 0) is 31.0 Å². The van der Waals surface area contributed by atoms with E-state index >= 15 is 0 Å². The summed E-state index contributed by atoms with van der Waals surface area (Å²) in [6, 6.07) is 8.71. The highest BCUT2D eigenvalue weighted by Crippen LogP contribution is 2.37. The zero-order valence-electron chi connectivity index (χ0n) is 10.6. The molecule has 0 aromatic heterocycles. The number of ether oxygens (including phenoxy) is 1. The Labute approximate surface area is 104 Å². The van der Waals surface area contributed by atoms with Gasteiger partial charge in [0, 0.05) is 38.4 Å². The minimum Gasteiger partial charge on any atom is -0.385 e. The second-order valence-electron chi connectivity index (χ2n) is 4.63. The van der Waals surface area contributed by atoms with E-state index in [2.05, 4.69) is 29.2 Å². The van der Waals surface area contributed by atoms with Crippen LogP contribution in [0, 0.1) is 0 Å². The highest BCUT2D eigenvalue weighted by atomic mass is 16.5. The van der Waals surface area contributed by atoms with Gasteiger partial charge < -0.3 is 15.4 Å². The lowest BCUT2D eigenvalue weighted by molar-refractivity contribution is 0.196. The second kappa shape index (κ2) is 6.03. The summed E-state index contributed by atoms with van der Waals surface area (Å²) in [6.07, 6.45) is 2.16. The molecule has 94 valence electrons. The second-order valence-corrected chi connectivity index (χ2v) is 4.63. The van der Waals surface area contributed by atoms with Crippen LogP contribution in [0.3, 0.4) is 0 Å². The largest absolute Gasteiger partial charge is 0.385 e. The van der Waals surface area contributed by atoms with Gasteiger partial charge in [-0.25, -0.2) is 0 Å². The van der Waals surface area contributed by atoms with Gasteiger partial charge in [-0.15, -0.1) is 0 Å². The molecule has 3 nitrogen and oxygen atoms in total. The normalized spacial score (nSPS) is 18.5. The summed E-state index contributed by atoms with van der Waals surface area (Å²) in [4.78, 5) is 2.47. The Kier molecular flexibility index (Phi) is 4.40. The Morgan fingerprint density at radius 2 is 2.24 bits per heavy atom. The fourth-order valence-electron chi connectivity index (χ4n) is 2.64. The van der Waals surface area contributed by atoms with Crippen LogP contribution in [0.25, 0.3) is 0 Å². The van der Waals surface area contributed by atoms with E-state index in [1.165, 1.54) is 11.3 Å². The molecule has 1 heterocycles. The van der Waals surface area contributed by atoms with Crippen molar-refractivity contribution in [1.29, 1.82) is 0 Å². The molecule has 0 spiro atoms. The van der Waals surface area contributed by atoms with Crippen LogP contribution in [-0.2, 0) is 4.74 Å². The van der Waals surface area contributed by atoms with Gasteiger partial charge >= 0.3 is 0 Å². The van der Waals surface area contributed by atoms with E-state index in [1.807, 2.05) is 0 Å². The van der Waals surface area contributed by atoms with Crippen molar-refractivity contribution < 1.29 is 4.74 Å². The highest BCUT2D eigenvalue weighted by Gasteiger charge is 2.26. The number of methoxy groups -OCH3 is 1. The van der Waals surface area contributed by atoms with Crippen LogP contribution < -0.4 is 10.6 Å². The number of hydrogen-bond acceptors (Lipinski definition) is 3. The molecule has 2 N–H and O–H groups in total. The first kappa shape index (κ1) is 12.4. The van der Waals surface area contributed by atoms with Crippen molar-refractivity contribution in [1.82, 2.24) is 0 Å². The standard InChI is InChI=1S/C14H22N2O/c1-17-10-4-9-16-11-12(7-8-15)13-5-2-3-6-14(13)16/h2-3,5-6,12H,4,7-11,15H2,1H3. The van der Waals surface area contributed by atoms with Gasteiger partial charge in [-0.2, -0.15) is 0 Å². The zero-order chi connectivity index (χ0) is 12.1. The van der Waals surface area contributed by atoms with Crippen LogP contribution in [0.5, 0.6) is 0 Å². The first-order valence-electron chi connectivity index (χ1n) is 6.39. The molecule has 1 atom stereocenters. The van der Waals surface area contributed by atoms with E-state index < -0.39 is 0 Å². The van der Waals surface area contributed by atoms with Gasteiger partial charge in [0.2, 0.25) is 0 Å². The third kappa shape index (κ3) is 2.79. The lowest BCUT2D eigenvalue weighted by Gasteiger charge is -2.19. The van der Waals surface area contributed by atoms with Gasteiger partial charge in [-0.3, -0.25) is 0 Å². The monoisotopic (exact) mass is 234 g/mol. The molecule has 17 heavy (non-hydrogen) atoms. The number of nitrogens with two attached hydrogens (primary N) is 1.